The van der Waals surface area contributed by atoms with Crippen LogP contribution < -0.4 is 0 Å². The Hall–Kier alpha value is -0.240. The quantitative estimate of drug-likeness (QED) is 0.408. The second-order valence-electron chi connectivity index (χ2n) is 10.6. The predicted molar refractivity (Wildman–Crippen MR) is 110 cm³/mol. The van der Waals surface area contributed by atoms with Crippen molar-refractivity contribution in [2.24, 2.45) is 23.2 Å². The van der Waals surface area contributed by atoms with Gasteiger partial charge in [0.15, 0.2) is 0 Å². The highest BCUT2D eigenvalue weighted by Gasteiger charge is 2.50. The Bertz CT molecular complexity index is 494. The van der Waals surface area contributed by atoms with Gasteiger partial charge in [0.05, 0.1) is 18.8 Å². The van der Waals surface area contributed by atoms with E-state index in [1.54, 1.807) is 0 Å². The van der Waals surface area contributed by atoms with E-state index in [-0.39, 0.29) is 6.61 Å². The zero-order chi connectivity index (χ0) is 20.4. The number of hydrogen-bond donors (Lipinski definition) is 4. The lowest BCUT2D eigenvalue weighted by Crippen LogP contribution is -2.62. The monoisotopic (exact) mass is 411 g/mol. The molecule has 168 valence electrons. The van der Waals surface area contributed by atoms with Gasteiger partial charge in [0.25, 0.3) is 0 Å². The summed E-state index contributed by atoms with van der Waals surface area (Å²) in [5.74, 6) is 3.03. The molecule has 1 heterocycles. The van der Waals surface area contributed by atoms with Crippen molar-refractivity contribution < 1.29 is 25.2 Å². The molecule has 6 nitrogen and oxygen atoms in total. The number of nitrogens with zero attached hydrogens (tertiary/aromatic N) is 1. The molecule has 4 saturated carbocycles. The minimum absolute atomic E-state index is 0.210. The minimum atomic E-state index is -1.18. The molecule has 4 bridgehead atoms. The van der Waals surface area contributed by atoms with Crippen molar-refractivity contribution in [1.82, 2.24) is 4.90 Å². The van der Waals surface area contributed by atoms with Gasteiger partial charge in [-0.2, -0.15) is 0 Å². The van der Waals surface area contributed by atoms with Crippen molar-refractivity contribution in [3.8, 4) is 0 Å². The first kappa shape index (κ1) is 22.0. The second kappa shape index (κ2) is 9.49. The molecule has 1 unspecified atom stereocenters. The molecule has 0 aromatic carbocycles. The molecule has 5 rings (SSSR count). The molecule has 1 aliphatic heterocycles. The van der Waals surface area contributed by atoms with Crippen LogP contribution in [-0.4, -0.2) is 82.6 Å². The van der Waals surface area contributed by atoms with E-state index in [1.807, 2.05) is 4.90 Å². The number of rotatable bonds is 10. The molecule has 0 spiro atoms. The fraction of sp³-hybridized carbons (Fsp3) is 1.00. The molecule has 4 atom stereocenters. The van der Waals surface area contributed by atoms with Crippen molar-refractivity contribution in [2.75, 3.05) is 32.9 Å². The highest BCUT2D eigenvalue weighted by molar-refractivity contribution is 5.01. The summed E-state index contributed by atoms with van der Waals surface area (Å²) in [4.78, 5) is 1.90. The number of aliphatic hydroxyl groups excluding tert-OH is 4. The van der Waals surface area contributed by atoms with E-state index in [0.717, 1.165) is 50.2 Å². The zero-order valence-electron chi connectivity index (χ0n) is 17.8. The van der Waals surface area contributed by atoms with Crippen LogP contribution in [0.15, 0.2) is 0 Å². The average molecular weight is 412 g/mol. The SMILES string of the molecule is OCC1[C@@H](O)[C@H](O)[C@@H](O)CN1CCCCCOCCC12CC3CC(CC(C3)C1)C2. The highest BCUT2D eigenvalue weighted by atomic mass is 16.5. The lowest BCUT2D eigenvalue weighted by molar-refractivity contribution is -0.145. The summed E-state index contributed by atoms with van der Waals surface area (Å²) < 4.78 is 5.99. The van der Waals surface area contributed by atoms with E-state index in [4.69, 9.17) is 4.74 Å². The Morgan fingerprint density at radius 2 is 1.48 bits per heavy atom. The zero-order valence-corrected chi connectivity index (χ0v) is 17.8. The number of likely N-dealkylation sites (tertiary alicyclic amines) is 1. The minimum Gasteiger partial charge on any atom is -0.395 e. The van der Waals surface area contributed by atoms with Gasteiger partial charge < -0.3 is 25.2 Å². The first-order valence-corrected chi connectivity index (χ1v) is 12.0. The Labute approximate surface area is 175 Å². The van der Waals surface area contributed by atoms with Crippen LogP contribution in [0, 0.1) is 23.2 Å². The standard InChI is InChI=1S/C23H41NO5/c25-15-19-21(27)22(28)20(26)14-24(19)5-2-1-3-6-29-7-4-23-11-16-8-17(12-23)10-18(9-16)13-23/h16-22,25-28H,1-15H2/t16?,17?,18?,19?,20-,21+,22+,23?/m0/s1. The Morgan fingerprint density at radius 1 is 0.828 bits per heavy atom. The maximum absolute atomic E-state index is 10.0. The van der Waals surface area contributed by atoms with E-state index >= 15 is 0 Å². The third kappa shape index (κ3) is 4.99. The summed E-state index contributed by atoms with van der Waals surface area (Å²) in [6.07, 6.45) is 9.87. The van der Waals surface area contributed by atoms with Crippen LogP contribution >= 0.6 is 0 Å². The van der Waals surface area contributed by atoms with Crippen LogP contribution in [0.4, 0.5) is 0 Å². The summed E-state index contributed by atoms with van der Waals surface area (Å²) >= 11 is 0. The van der Waals surface area contributed by atoms with Gasteiger partial charge in [-0.1, -0.05) is 0 Å². The summed E-state index contributed by atoms with van der Waals surface area (Å²) in [5.41, 5.74) is 0.606. The van der Waals surface area contributed by atoms with Crippen LogP contribution in [0.1, 0.15) is 64.2 Å². The lowest BCUT2D eigenvalue weighted by Gasteiger charge is -2.57. The maximum atomic E-state index is 10.0. The summed E-state index contributed by atoms with van der Waals surface area (Å²) in [7, 11) is 0. The molecule has 0 radical (unpaired) electrons. The number of β-amino-alcohol motifs (C(OH)–C–C–N with tert-alkyl or cyclic N) is 1. The second-order valence-corrected chi connectivity index (χ2v) is 10.6. The largest absolute Gasteiger partial charge is 0.395 e. The molecule has 0 aromatic rings. The number of ether oxygens (including phenoxy) is 1. The number of piperidine rings is 1. The van der Waals surface area contributed by atoms with Gasteiger partial charge in [-0.3, -0.25) is 4.90 Å². The van der Waals surface area contributed by atoms with Crippen LogP contribution in [0.25, 0.3) is 0 Å². The summed E-state index contributed by atoms with van der Waals surface area (Å²) in [6, 6.07) is -0.495. The Kier molecular flexibility index (Phi) is 7.19. The van der Waals surface area contributed by atoms with Crippen LogP contribution in [0.3, 0.4) is 0 Å². The van der Waals surface area contributed by atoms with Gasteiger partial charge in [-0.15, -0.1) is 0 Å². The number of unbranched alkanes of at least 4 members (excludes halogenated alkanes) is 2. The van der Waals surface area contributed by atoms with Gasteiger partial charge in [0.1, 0.15) is 12.2 Å². The molecule has 1 saturated heterocycles. The molecular formula is C23H41NO5. The third-order valence-electron chi connectivity index (χ3n) is 8.39. The number of aliphatic hydroxyl groups is 4. The molecular weight excluding hydrogens is 370 g/mol. The van der Waals surface area contributed by atoms with Crippen molar-refractivity contribution >= 4 is 0 Å². The Morgan fingerprint density at radius 3 is 2.10 bits per heavy atom. The van der Waals surface area contributed by atoms with Crippen molar-refractivity contribution in [1.29, 1.82) is 0 Å². The molecule has 5 fully saturated rings. The fourth-order valence-electron chi connectivity index (χ4n) is 7.32. The van der Waals surface area contributed by atoms with Crippen molar-refractivity contribution in [2.45, 2.75) is 88.6 Å². The van der Waals surface area contributed by atoms with E-state index in [2.05, 4.69) is 0 Å². The molecule has 0 aromatic heterocycles. The van der Waals surface area contributed by atoms with Crippen LogP contribution in [0.5, 0.6) is 0 Å². The lowest BCUT2D eigenvalue weighted by atomic mass is 9.49. The highest BCUT2D eigenvalue weighted by Crippen LogP contribution is 2.61. The number of hydrogen-bond acceptors (Lipinski definition) is 6. The normalized spacial score (nSPS) is 44.5. The average Bonchev–Trinajstić information content (AvgIpc) is 2.67. The first-order chi connectivity index (χ1) is 14.0. The van der Waals surface area contributed by atoms with Crippen molar-refractivity contribution in [3.05, 3.63) is 0 Å². The molecule has 4 N–H and O–H groups in total. The third-order valence-corrected chi connectivity index (χ3v) is 8.39. The van der Waals surface area contributed by atoms with E-state index in [1.165, 1.54) is 44.9 Å². The van der Waals surface area contributed by atoms with Gasteiger partial charge >= 0.3 is 0 Å². The van der Waals surface area contributed by atoms with E-state index in [9.17, 15) is 20.4 Å². The van der Waals surface area contributed by atoms with E-state index in [0.29, 0.717) is 18.5 Å². The van der Waals surface area contributed by atoms with Gasteiger partial charge in [0.2, 0.25) is 0 Å². The maximum Gasteiger partial charge on any atom is 0.109 e. The molecule has 29 heavy (non-hydrogen) atoms. The molecule has 5 aliphatic rings. The van der Waals surface area contributed by atoms with Crippen LogP contribution in [-0.2, 0) is 4.74 Å². The van der Waals surface area contributed by atoms with Gasteiger partial charge in [0, 0.05) is 19.8 Å². The van der Waals surface area contributed by atoms with Gasteiger partial charge in [-0.05, 0) is 93.9 Å². The molecule has 4 aliphatic carbocycles. The Balaban J connectivity index is 1.08. The smallest absolute Gasteiger partial charge is 0.109 e. The topological polar surface area (TPSA) is 93.4 Å². The van der Waals surface area contributed by atoms with Crippen LogP contribution in [0.2, 0.25) is 0 Å². The fourth-order valence-corrected chi connectivity index (χ4v) is 7.32. The molecule has 0 amide bonds. The first-order valence-electron chi connectivity index (χ1n) is 12.0. The molecule has 6 heteroatoms. The van der Waals surface area contributed by atoms with Crippen molar-refractivity contribution in [3.63, 3.8) is 0 Å². The predicted octanol–water partition coefficient (Wildman–Crippen LogP) is 1.54. The summed E-state index contributed by atoms with van der Waals surface area (Å²) in [5, 5.41) is 39.2. The van der Waals surface area contributed by atoms with Gasteiger partial charge in [-0.25, -0.2) is 0 Å². The van der Waals surface area contributed by atoms with E-state index < -0.39 is 24.4 Å². The summed E-state index contributed by atoms with van der Waals surface area (Å²) in [6.45, 7) is 2.50.